The Hall–Kier alpha value is -2.58. The van der Waals surface area contributed by atoms with Crippen LogP contribution in [0.5, 0.6) is 0 Å². The first-order chi connectivity index (χ1) is 8.40. The van der Waals surface area contributed by atoms with E-state index in [2.05, 4.69) is 19.5 Å². The number of esters is 2. The molecule has 0 bridgehead atoms. The number of amidine groups is 1. The molecule has 0 radical (unpaired) electrons. The van der Waals surface area contributed by atoms with Gasteiger partial charge in [-0.3, -0.25) is 4.79 Å². The van der Waals surface area contributed by atoms with Gasteiger partial charge in [0.15, 0.2) is 0 Å². The van der Waals surface area contributed by atoms with Crippen molar-refractivity contribution in [1.82, 2.24) is 0 Å². The molecule has 0 aromatic rings. The lowest BCUT2D eigenvalue weighted by molar-refractivity contribution is -0.142. The first-order valence-electron chi connectivity index (χ1n) is 4.56. The standard InChI is InChI=1S/C9H13N3O6/c1-16-8(14)3-5(9(15)17-2)18-12-6(10)4-7(11)13/h3H,4H2,1-2H3,(H2,10,12)(H2,11,13)/b5-3+. The van der Waals surface area contributed by atoms with Gasteiger partial charge in [0.25, 0.3) is 0 Å². The van der Waals surface area contributed by atoms with E-state index in [1.807, 2.05) is 0 Å². The summed E-state index contributed by atoms with van der Waals surface area (Å²) in [5.74, 6) is -3.34. The largest absolute Gasteiger partial charge is 0.466 e. The second kappa shape index (κ2) is 7.65. The number of rotatable bonds is 6. The fourth-order valence-corrected chi connectivity index (χ4v) is 0.708. The molecule has 9 nitrogen and oxygen atoms in total. The smallest absolute Gasteiger partial charge is 0.377 e. The van der Waals surface area contributed by atoms with Gasteiger partial charge in [-0.05, 0) is 0 Å². The van der Waals surface area contributed by atoms with Crippen LogP contribution in [-0.4, -0.2) is 37.9 Å². The molecule has 0 atom stereocenters. The molecule has 0 rings (SSSR count). The lowest BCUT2D eigenvalue weighted by Gasteiger charge is -2.03. The van der Waals surface area contributed by atoms with E-state index in [0.29, 0.717) is 6.08 Å². The van der Waals surface area contributed by atoms with Crippen LogP contribution in [-0.2, 0) is 28.7 Å². The van der Waals surface area contributed by atoms with Gasteiger partial charge in [-0.2, -0.15) is 0 Å². The Morgan fingerprint density at radius 3 is 2.22 bits per heavy atom. The zero-order valence-corrected chi connectivity index (χ0v) is 9.84. The molecule has 0 aliphatic carbocycles. The topological polar surface area (TPSA) is 143 Å². The number of hydrogen-bond acceptors (Lipinski definition) is 7. The third-order valence-electron chi connectivity index (χ3n) is 1.45. The molecule has 0 fully saturated rings. The molecule has 0 heterocycles. The fourth-order valence-electron chi connectivity index (χ4n) is 0.708. The molecule has 0 spiro atoms. The number of amides is 1. The second-order valence-corrected chi connectivity index (χ2v) is 2.84. The molecule has 0 saturated carbocycles. The summed E-state index contributed by atoms with van der Waals surface area (Å²) in [6.07, 6.45) is 0.361. The normalized spacial score (nSPS) is 11.7. The summed E-state index contributed by atoms with van der Waals surface area (Å²) in [4.78, 5) is 37.2. The van der Waals surface area contributed by atoms with Crippen molar-refractivity contribution in [3.63, 3.8) is 0 Å². The molecule has 0 aromatic heterocycles. The molecule has 1 amide bonds. The number of methoxy groups -OCH3 is 2. The van der Waals surface area contributed by atoms with Crippen molar-refractivity contribution in [1.29, 1.82) is 0 Å². The van der Waals surface area contributed by atoms with E-state index in [1.165, 1.54) is 0 Å². The number of carbonyl (C=O) groups is 3. The molecule has 18 heavy (non-hydrogen) atoms. The van der Waals surface area contributed by atoms with Crippen LogP contribution >= 0.6 is 0 Å². The lowest BCUT2D eigenvalue weighted by atomic mass is 10.4. The highest BCUT2D eigenvalue weighted by atomic mass is 16.7. The molecular weight excluding hydrogens is 246 g/mol. The number of hydrogen-bond donors (Lipinski definition) is 2. The summed E-state index contributed by atoms with van der Waals surface area (Å²) in [5.41, 5.74) is 10.1. The van der Waals surface area contributed by atoms with E-state index in [4.69, 9.17) is 11.5 Å². The maximum atomic E-state index is 11.2. The van der Waals surface area contributed by atoms with Crippen LogP contribution in [0.1, 0.15) is 6.42 Å². The van der Waals surface area contributed by atoms with Crippen molar-refractivity contribution in [3.8, 4) is 0 Å². The summed E-state index contributed by atoms with van der Waals surface area (Å²) >= 11 is 0. The van der Waals surface area contributed by atoms with Crippen LogP contribution in [0.2, 0.25) is 0 Å². The maximum Gasteiger partial charge on any atom is 0.377 e. The van der Waals surface area contributed by atoms with Crippen molar-refractivity contribution in [2.75, 3.05) is 14.2 Å². The minimum absolute atomic E-state index is 0.262. The van der Waals surface area contributed by atoms with E-state index in [0.717, 1.165) is 14.2 Å². The second-order valence-electron chi connectivity index (χ2n) is 2.84. The van der Waals surface area contributed by atoms with E-state index < -0.39 is 23.6 Å². The maximum absolute atomic E-state index is 11.2. The van der Waals surface area contributed by atoms with Gasteiger partial charge in [0.2, 0.25) is 11.7 Å². The average molecular weight is 259 g/mol. The Morgan fingerprint density at radius 1 is 1.17 bits per heavy atom. The zero-order chi connectivity index (χ0) is 14.1. The SMILES string of the molecule is COC(=O)/C=C(/O/N=C(\N)CC(N)=O)C(=O)OC. The summed E-state index contributed by atoms with van der Waals surface area (Å²) in [5, 5.41) is 3.24. The minimum atomic E-state index is -0.962. The van der Waals surface area contributed by atoms with E-state index >= 15 is 0 Å². The highest BCUT2D eigenvalue weighted by Gasteiger charge is 2.15. The highest BCUT2D eigenvalue weighted by Crippen LogP contribution is 2.02. The molecular formula is C9H13N3O6. The van der Waals surface area contributed by atoms with Gasteiger partial charge >= 0.3 is 11.9 Å². The third kappa shape index (κ3) is 6.10. The summed E-state index contributed by atoms with van der Waals surface area (Å²) in [6.45, 7) is 0. The molecule has 0 aliphatic heterocycles. The molecule has 0 aliphatic rings. The predicted octanol–water partition coefficient (Wildman–Crippen LogP) is -1.62. The number of nitrogens with zero attached hydrogens (tertiary/aromatic N) is 1. The molecule has 4 N–H and O–H groups in total. The fraction of sp³-hybridized carbons (Fsp3) is 0.333. The van der Waals surface area contributed by atoms with Crippen molar-refractivity contribution in [3.05, 3.63) is 11.8 Å². The van der Waals surface area contributed by atoms with Crippen LogP contribution in [0.25, 0.3) is 0 Å². The number of carbonyl (C=O) groups excluding carboxylic acids is 3. The van der Waals surface area contributed by atoms with E-state index in [-0.39, 0.29) is 12.3 Å². The molecule has 0 aromatic carbocycles. The number of ether oxygens (including phenoxy) is 2. The summed E-state index contributed by atoms with van der Waals surface area (Å²) < 4.78 is 8.62. The van der Waals surface area contributed by atoms with Crippen molar-refractivity contribution in [2.24, 2.45) is 16.6 Å². The Kier molecular flexibility index (Phi) is 6.56. The van der Waals surface area contributed by atoms with Gasteiger partial charge in [-0.15, -0.1) is 0 Å². The zero-order valence-electron chi connectivity index (χ0n) is 9.84. The lowest BCUT2D eigenvalue weighted by Crippen LogP contribution is -2.22. The van der Waals surface area contributed by atoms with Gasteiger partial charge < -0.3 is 25.8 Å². The van der Waals surface area contributed by atoms with Gasteiger partial charge in [-0.25, -0.2) is 9.59 Å². The first-order valence-corrected chi connectivity index (χ1v) is 4.56. The quantitative estimate of drug-likeness (QED) is 0.146. The third-order valence-corrected chi connectivity index (χ3v) is 1.45. The molecule has 9 heteroatoms. The van der Waals surface area contributed by atoms with Crippen molar-refractivity contribution >= 4 is 23.7 Å². The van der Waals surface area contributed by atoms with Crippen LogP contribution in [0.15, 0.2) is 17.0 Å². The van der Waals surface area contributed by atoms with Gasteiger partial charge in [0, 0.05) is 0 Å². The minimum Gasteiger partial charge on any atom is -0.466 e. The molecule has 0 unspecified atom stereocenters. The number of nitrogens with two attached hydrogens (primary N) is 2. The van der Waals surface area contributed by atoms with Gasteiger partial charge in [0.05, 0.1) is 26.7 Å². The Balaban J connectivity index is 4.81. The van der Waals surface area contributed by atoms with Crippen molar-refractivity contribution in [2.45, 2.75) is 6.42 Å². The summed E-state index contributed by atoms with van der Waals surface area (Å²) in [6, 6.07) is 0. The Bertz CT molecular complexity index is 401. The van der Waals surface area contributed by atoms with Gasteiger partial charge in [0.1, 0.15) is 5.84 Å². The monoisotopic (exact) mass is 259 g/mol. The van der Waals surface area contributed by atoms with E-state index in [9.17, 15) is 14.4 Å². The van der Waals surface area contributed by atoms with Crippen LogP contribution in [0.4, 0.5) is 0 Å². The average Bonchev–Trinajstić information content (AvgIpc) is 2.32. The molecule has 0 saturated heterocycles. The van der Waals surface area contributed by atoms with Gasteiger partial charge in [-0.1, -0.05) is 5.16 Å². The van der Waals surface area contributed by atoms with Crippen LogP contribution in [0.3, 0.4) is 0 Å². The number of oxime groups is 1. The van der Waals surface area contributed by atoms with Crippen LogP contribution < -0.4 is 11.5 Å². The number of primary amides is 1. The van der Waals surface area contributed by atoms with Crippen LogP contribution in [0, 0.1) is 0 Å². The molecule has 100 valence electrons. The summed E-state index contributed by atoms with van der Waals surface area (Å²) in [7, 11) is 2.19. The highest BCUT2D eigenvalue weighted by molar-refractivity contribution is 5.98. The van der Waals surface area contributed by atoms with Crippen molar-refractivity contribution < 1.29 is 28.7 Å². The van der Waals surface area contributed by atoms with E-state index in [1.54, 1.807) is 0 Å². The Labute approximate surface area is 102 Å². The Morgan fingerprint density at radius 2 is 1.78 bits per heavy atom. The predicted molar refractivity (Wildman–Crippen MR) is 58.6 cm³/mol. The first kappa shape index (κ1) is 15.4.